The molecule has 1 heterocycles. The van der Waals surface area contributed by atoms with Crippen LogP contribution < -0.4 is 19.1 Å². The maximum absolute atomic E-state index is 8.60. The van der Waals surface area contributed by atoms with Crippen molar-refractivity contribution in [2.75, 3.05) is 91.0 Å². The molecule has 0 atom stereocenters. The molecule has 0 spiro atoms. The smallest absolute Gasteiger partial charge is 0.123 e. The number of nitrogens with zero attached hydrogens (tertiary/aromatic N) is 2. The van der Waals surface area contributed by atoms with Crippen LogP contribution in [0, 0.1) is 0 Å². The Balaban J connectivity index is -0.000000723. The quantitative estimate of drug-likeness (QED) is 0.148. The predicted octanol–water partition coefficient (Wildman–Crippen LogP) is 9.51. The Morgan fingerprint density at radius 1 is 0.520 bits per heavy atom. The molecule has 0 radical (unpaired) electrons. The third kappa shape index (κ3) is 27.5. The standard InChI is InChI=1S/C18H22O5.C14H22N2O.5C2H6/c19-9-10-20-11-12-22-17-7-4-8-18(15-17)23-14-13-21-16-5-2-1-3-6-16;1-17-13-5-8-15-9-11-16(12-10-15)14-6-3-2-4-7-14;5*1-2/h1-8,15,19H,9-14H2;2-4,6-7H,5,8-13H2,1H3;5*1-2H3. The van der Waals surface area contributed by atoms with Gasteiger partial charge in [0.05, 0.1) is 19.8 Å². The minimum atomic E-state index is 0.0222. The molecule has 288 valence electrons. The van der Waals surface area contributed by atoms with E-state index in [1.165, 1.54) is 18.8 Å². The van der Waals surface area contributed by atoms with Gasteiger partial charge in [-0.15, -0.1) is 0 Å². The average Bonchev–Trinajstić information content (AvgIpc) is 3.22. The summed E-state index contributed by atoms with van der Waals surface area (Å²) in [6, 6.07) is 27.8. The van der Waals surface area contributed by atoms with Gasteiger partial charge in [0, 0.05) is 58.2 Å². The largest absolute Gasteiger partial charge is 0.491 e. The van der Waals surface area contributed by atoms with Gasteiger partial charge in [0.2, 0.25) is 0 Å². The molecule has 8 nitrogen and oxygen atoms in total. The Labute approximate surface area is 307 Å². The lowest BCUT2D eigenvalue weighted by Crippen LogP contribution is -2.46. The van der Waals surface area contributed by atoms with E-state index in [9.17, 15) is 0 Å². The van der Waals surface area contributed by atoms with Gasteiger partial charge in [-0.2, -0.15) is 0 Å². The van der Waals surface area contributed by atoms with Gasteiger partial charge in [-0.25, -0.2) is 0 Å². The average molecular weight is 703 g/mol. The number of ether oxygens (including phenoxy) is 5. The van der Waals surface area contributed by atoms with Crippen molar-refractivity contribution < 1.29 is 28.8 Å². The van der Waals surface area contributed by atoms with Gasteiger partial charge in [-0.3, -0.25) is 4.90 Å². The van der Waals surface area contributed by atoms with Gasteiger partial charge in [0.25, 0.3) is 0 Å². The van der Waals surface area contributed by atoms with Crippen molar-refractivity contribution in [3.8, 4) is 17.2 Å². The molecule has 1 saturated heterocycles. The number of rotatable bonds is 16. The first-order valence-corrected chi connectivity index (χ1v) is 19.0. The second kappa shape index (κ2) is 41.9. The molecule has 1 aliphatic heterocycles. The van der Waals surface area contributed by atoms with Crippen LogP contribution in [-0.2, 0) is 9.47 Å². The summed E-state index contributed by atoms with van der Waals surface area (Å²) in [6.07, 6.45) is 1.14. The van der Waals surface area contributed by atoms with Crippen LogP contribution in [0.4, 0.5) is 5.69 Å². The second-order valence-electron chi connectivity index (χ2n) is 9.18. The van der Waals surface area contributed by atoms with E-state index in [4.69, 9.17) is 28.8 Å². The summed E-state index contributed by atoms with van der Waals surface area (Å²) in [5.41, 5.74) is 1.35. The fourth-order valence-corrected chi connectivity index (χ4v) is 4.18. The van der Waals surface area contributed by atoms with Gasteiger partial charge < -0.3 is 33.7 Å². The van der Waals surface area contributed by atoms with Crippen LogP contribution in [0.5, 0.6) is 17.2 Å². The minimum Gasteiger partial charge on any atom is -0.491 e. The van der Waals surface area contributed by atoms with E-state index in [0.717, 1.165) is 49.9 Å². The summed E-state index contributed by atoms with van der Waals surface area (Å²) in [6.45, 7) is 28.8. The molecule has 0 unspecified atom stereocenters. The maximum atomic E-state index is 8.60. The molecule has 0 amide bonds. The summed E-state index contributed by atoms with van der Waals surface area (Å²) in [5, 5.41) is 8.60. The Hall–Kier alpha value is -3.30. The van der Waals surface area contributed by atoms with E-state index in [-0.39, 0.29) is 6.61 Å². The predicted molar refractivity (Wildman–Crippen MR) is 216 cm³/mol. The van der Waals surface area contributed by atoms with Crippen LogP contribution in [0.25, 0.3) is 0 Å². The number of hydrogen-bond donors (Lipinski definition) is 1. The zero-order valence-corrected chi connectivity index (χ0v) is 33.7. The molecular weight excluding hydrogens is 628 g/mol. The van der Waals surface area contributed by atoms with Crippen molar-refractivity contribution in [3.63, 3.8) is 0 Å². The van der Waals surface area contributed by atoms with Gasteiger partial charge in [-0.1, -0.05) is 112 Å². The van der Waals surface area contributed by atoms with Crippen LogP contribution in [-0.4, -0.2) is 96.1 Å². The lowest BCUT2D eigenvalue weighted by Gasteiger charge is -2.36. The zero-order valence-electron chi connectivity index (χ0n) is 33.7. The SMILES string of the molecule is CC.CC.CC.CC.CC.COCCCN1CCN(c2ccccc2)CC1.OCCOCCOc1cccc(OCCOc2ccccc2)c1. The third-order valence-corrected chi connectivity index (χ3v) is 6.22. The van der Waals surface area contributed by atoms with E-state index in [1.54, 1.807) is 7.11 Å². The molecular formula is C42H74N2O6. The molecule has 3 aromatic rings. The number of hydrogen-bond acceptors (Lipinski definition) is 8. The molecule has 1 aliphatic rings. The molecule has 1 fully saturated rings. The molecule has 0 bridgehead atoms. The third-order valence-electron chi connectivity index (χ3n) is 6.22. The van der Waals surface area contributed by atoms with Crippen LogP contribution in [0.2, 0.25) is 0 Å². The summed E-state index contributed by atoms with van der Waals surface area (Å²) in [7, 11) is 1.77. The van der Waals surface area contributed by atoms with E-state index in [0.29, 0.717) is 33.0 Å². The fourth-order valence-electron chi connectivity index (χ4n) is 4.18. The topological polar surface area (TPSA) is 72.9 Å². The number of aliphatic hydroxyl groups excluding tert-OH is 1. The maximum Gasteiger partial charge on any atom is 0.123 e. The number of para-hydroxylation sites is 2. The van der Waals surface area contributed by atoms with E-state index < -0.39 is 0 Å². The molecule has 8 heteroatoms. The lowest BCUT2D eigenvalue weighted by molar-refractivity contribution is 0.0704. The number of aliphatic hydroxyl groups is 1. The van der Waals surface area contributed by atoms with E-state index in [1.807, 2.05) is 124 Å². The summed E-state index contributed by atoms with van der Waals surface area (Å²) in [4.78, 5) is 4.99. The number of methoxy groups -OCH3 is 1. The van der Waals surface area contributed by atoms with Crippen LogP contribution in [0.15, 0.2) is 84.9 Å². The van der Waals surface area contributed by atoms with Crippen LogP contribution in [0.3, 0.4) is 0 Å². The fraction of sp³-hybridized carbons (Fsp3) is 0.571. The minimum absolute atomic E-state index is 0.0222. The first-order chi connectivity index (χ1) is 24.8. The van der Waals surface area contributed by atoms with Crippen molar-refractivity contribution in [3.05, 3.63) is 84.9 Å². The number of anilines is 1. The monoisotopic (exact) mass is 703 g/mol. The Bertz CT molecular complexity index is 1020. The number of piperazine rings is 1. The summed E-state index contributed by atoms with van der Waals surface area (Å²) < 4.78 is 27.0. The van der Waals surface area contributed by atoms with Crippen molar-refractivity contribution >= 4 is 5.69 Å². The normalized spacial score (nSPS) is 11.2. The van der Waals surface area contributed by atoms with Gasteiger partial charge in [-0.05, 0) is 42.8 Å². The molecule has 4 rings (SSSR count). The van der Waals surface area contributed by atoms with E-state index >= 15 is 0 Å². The van der Waals surface area contributed by atoms with Gasteiger partial charge >= 0.3 is 0 Å². The summed E-state index contributed by atoms with van der Waals surface area (Å²) >= 11 is 0. The highest BCUT2D eigenvalue weighted by molar-refractivity contribution is 5.46. The summed E-state index contributed by atoms with van der Waals surface area (Å²) in [5.74, 6) is 2.28. The Kier molecular flexibility index (Phi) is 42.8. The first-order valence-electron chi connectivity index (χ1n) is 19.0. The highest BCUT2D eigenvalue weighted by atomic mass is 16.5. The van der Waals surface area contributed by atoms with Crippen molar-refractivity contribution in [1.29, 1.82) is 0 Å². The van der Waals surface area contributed by atoms with Crippen LogP contribution >= 0.6 is 0 Å². The molecule has 3 aromatic carbocycles. The molecule has 0 aromatic heterocycles. The Morgan fingerprint density at radius 2 is 0.980 bits per heavy atom. The molecule has 0 aliphatic carbocycles. The first kappa shape index (κ1) is 51.1. The molecule has 50 heavy (non-hydrogen) atoms. The highest BCUT2D eigenvalue weighted by Crippen LogP contribution is 2.19. The van der Waals surface area contributed by atoms with Crippen molar-refractivity contribution in [2.24, 2.45) is 0 Å². The molecule has 1 N–H and O–H groups in total. The Morgan fingerprint density at radius 3 is 1.48 bits per heavy atom. The lowest BCUT2D eigenvalue weighted by atomic mass is 10.2. The second-order valence-corrected chi connectivity index (χ2v) is 9.18. The van der Waals surface area contributed by atoms with Crippen LogP contribution in [0.1, 0.15) is 75.7 Å². The zero-order chi connectivity index (χ0) is 38.1. The van der Waals surface area contributed by atoms with Gasteiger partial charge in [0.15, 0.2) is 0 Å². The molecule has 0 saturated carbocycles. The van der Waals surface area contributed by atoms with Gasteiger partial charge in [0.1, 0.15) is 37.1 Å². The van der Waals surface area contributed by atoms with Crippen molar-refractivity contribution in [2.45, 2.75) is 75.7 Å². The highest BCUT2D eigenvalue weighted by Gasteiger charge is 2.16. The van der Waals surface area contributed by atoms with E-state index in [2.05, 4.69) is 40.1 Å². The number of benzene rings is 3. The van der Waals surface area contributed by atoms with Crippen molar-refractivity contribution in [1.82, 2.24) is 4.90 Å².